The minimum Gasteiger partial charge on any atom is -0.348 e. The van der Waals surface area contributed by atoms with Crippen LogP contribution in [0.4, 0.5) is 0 Å². The van der Waals surface area contributed by atoms with Gasteiger partial charge in [-0.15, -0.1) is 0 Å². The van der Waals surface area contributed by atoms with Crippen LogP contribution in [0.15, 0.2) is 29.0 Å². The Hall–Kier alpha value is -1.27. The van der Waals surface area contributed by atoms with E-state index in [-0.39, 0.29) is 5.91 Å². The van der Waals surface area contributed by atoms with Crippen molar-refractivity contribution >= 4 is 17.7 Å². The average molecular weight is 292 g/mol. The lowest BCUT2D eigenvalue weighted by Gasteiger charge is -2.44. The van der Waals surface area contributed by atoms with Crippen LogP contribution >= 0.6 is 11.8 Å². The topological polar surface area (TPSA) is 50.2 Å². The first-order chi connectivity index (χ1) is 9.72. The summed E-state index contributed by atoms with van der Waals surface area (Å²) < 4.78 is 1.93. The van der Waals surface area contributed by atoms with Crippen LogP contribution in [0.25, 0.3) is 0 Å². The number of nitrogens with one attached hydrogen (secondary N) is 1. The van der Waals surface area contributed by atoms with Gasteiger partial charge in [0.15, 0.2) is 5.16 Å². The third kappa shape index (κ3) is 3.07. The molecule has 1 amide bonds. The first kappa shape index (κ1) is 13.7. The van der Waals surface area contributed by atoms with Crippen molar-refractivity contribution in [1.82, 2.24) is 19.8 Å². The Bertz CT molecular complexity index is 505. The summed E-state index contributed by atoms with van der Waals surface area (Å²) in [5.74, 6) is 0.671. The number of aryl methyl sites for hydroxylation is 1. The Morgan fingerprint density at radius 1 is 1.50 bits per heavy atom. The van der Waals surface area contributed by atoms with Gasteiger partial charge in [0.1, 0.15) is 0 Å². The summed E-state index contributed by atoms with van der Waals surface area (Å²) in [6.45, 7) is 3.40. The number of thioether (sulfide) groups is 1. The van der Waals surface area contributed by atoms with Gasteiger partial charge in [-0.25, -0.2) is 4.98 Å². The molecule has 1 aromatic heterocycles. The van der Waals surface area contributed by atoms with Crippen molar-refractivity contribution in [2.75, 3.05) is 19.6 Å². The molecule has 2 bridgehead atoms. The molecule has 1 N–H and O–H groups in total. The number of hydrogen-bond donors (Lipinski definition) is 1. The van der Waals surface area contributed by atoms with E-state index in [0.717, 1.165) is 11.7 Å². The number of piperidine rings is 3. The van der Waals surface area contributed by atoms with Gasteiger partial charge in [0.2, 0.25) is 5.91 Å². The number of fused-ring (bicyclic) bond motifs is 3. The molecule has 3 saturated heterocycles. The van der Waals surface area contributed by atoms with Gasteiger partial charge in [-0.2, -0.15) is 0 Å². The summed E-state index contributed by atoms with van der Waals surface area (Å²) in [6.07, 6.45) is 7.69. The van der Waals surface area contributed by atoms with E-state index >= 15 is 0 Å². The number of nitrogens with zero attached hydrogens (tertiary/aromatic N) is 3. The van der Waals surface area contributed by atoms with E-state index < -0.39 is 0 Å². The van der Waals surface area contributed by atoms with Crippen LogP contribution in [0.1, 0.15) is 12.8 Å². The molecule has 0 aromatic carbocycles. The van der Waals surface area contributed by atoms with E-state index in [4.69, 9.17) is 0 Å². The van der Waals surface area contributed by atoms with Gasteiger partial charge < -0.3 is 14.8 Å². The zero-order chi connectivity index (χ0) is 13.9. The molecule has 108 valence electrons. The van der Waals surface area contributed by atoms with Crippen LogP contribution in [0.5, 0.6) is 0 Å². The number of carbonyl (C=O) groups excluding carboxylic acids is 1. The highest BCUT2D eigenvalue weighted by atomic mass is 32.2. The Morgan fingerprint density at radius 2 is 2.30 bits per heavy atom. The molecule has 20 heavy (non-hydrogen) atoms. The second-order valence-electron chi connectivity index (χ2n) is 5.49. The zero-order valence-electron chi connectivity index (χ0n) is 11.7. The fraction of sp³-hybridized carbons (Fsp3) is 0.571. The van der Waals surface area contributed by atoms with Crippen molar-refractivity contribution < 1.29 is 4.79 Å². The lowest BCUT2D eigenvalue weighted by molar-refractivity contribution is -0.118. The van der Waals surface area contributed by atoms with E-state index in [1.54, 1.807) is 17.7 Å². The molecular weight excluding hydrogens is 272 g/mol. The van der Waals surface area contributed by atoms with Crippen LogP contribution < -0.4 is 5.32 Å². The highest BCUT2D eigenvalue weighted by Crippen LogP contribution is 2.27. The number of amides is 1. The van der Waals surface area contributed by atoms with Crippen molar-refractivity contribution in [1.29, 1.82) is 0 Å². The van der Waals surface area contributed by atoms with E-state index in [0.29, 0.717) is 12.0 Å². The van der Waals surface area contributed by atoms with Crippen LogP contribution in [-0.4, -0.2) is 46.0 Å². The van der Waals surface area contributed by atoms with Crippen LogP contribution in [0.3, 0.4) is 0 Å². The molecule has 1 aromatic rings. The molecule has 0 aliphatic carbocycles. The number of hydrogen-bond acceptors (Lipinski definition) is 4. The Kier molecular flexibility index (Phi) is 4.12. The highest BCUT2D eigenvalue weighted by Gasteiger charge is 2.34. The number of imidazole rings is 1. The number of aromatic nitrogens is 2. The molecule has 6 heteroatoms. The summed E-state index contributed by atoms with van der Waals surface area (Å²) >= 11 is 1.46. The molecule has 5 nitrogen and oxygen atoms in total. The Labute approximate surface area is 123 Å². The SMILES string of the molecule is Cn1ccnc1SC=CC(=O)NC1CN2CCC1CC2. The van der Waals surface area contributed by atoms with Gasteiger partial charge in [0, 0.05) is 38.1 Å². The van der Waals surface area contributed by atoms with Gasteiger partial charge in [-0.1, -0.05) is 11.8 Å². The first-order valence-corrected chi connectivity index (χ1v) is 7.94. The normalized spacial score (nSPS) is 28.9. The summed E-state index contributed by atoms with van der Waals surface area (Å²) in [7, 11) is 1.94. The van der Waals surface area contributed by atoms with Crippen LogP contribution in [0, 0.1) is 5.92 Å². The summed E-state index contributed by atoms with van der Waals surface area (Å²) in [4.78, 5) is 18.6. The lowest BCUT2D eigenvalue weighted by atomic mass is 9.84. The summed E-state index contributed by atoms with van der Waals surface area (Å²) in [6, 6.07) is 0.327. The molecule has 3 aliphatic heterocycles. The monoisotopic (exact) mass is 292 g/mol. The maximum Gasteiger partial charge on any atom is 0.244 e. The maximum atomic E-state index is 11.9. The van der Waals surface area contributed by atoms with Crippen LogP contribution in [0.2, 0.25) is 0 Å². The van der Waals surface area contributed by atoms with Gasteiger partial charge >= 0.3 is 0 Å². The first-order valence-electron chi connectivity index (χ1n) is 7.06. The smallest absolute Gasteiger partial charge is 0.244 e. The van der Waals surface area contributed by atoms with Gasteiger partial charge in [0.05, 0.1) is 0 Å². The molecule has 0 radical (unpaired) electrons. The molecule has 3 fully saturated rings. The van der Waals surface area contributed by atoms with Crippen molar-refractivity contribution in [3.8, 4) is 0 Å². The summed E-state index contributed by atoms with van der Waals surface area (Å²) in [5.41, 5.74) is 0. The van der Waals surface area contributed by atoms with Crippen molar-refractivity contribution in [3.63, 3.8) is 0 Å². The minimum absolute atomic E-state index is 0.00505. The summed E-state index contributed by atoms with van der Waals surface area (Å²) in [5, 5.41) is 5.83. The molecule has 1 unspecified atom stereocenters. The lowest BCUT2D eigenvalue weighted by Crippen LogP contribution is -2.57. The molecule has 0 saturated carbocycles. The highest BCUT2D eigenvalue weighted by molar-refractivity contribution is 8.02. The van der Waals surface area contributed by atoms with Crippen LogP contribution in [-0.2, 0) is 11.8 Å². The largest absolute Gasteiger partial charge is 0.348 e. The average Bonchev–Trinajstić information content (AvgIpc) is 2.86. The quantitative estimate of drug-likeness (QED) is 0.670. The van der Waals surface area contributed by atoms with Crippen molar-refractivity contribution in [2.24, 2.45) is 13.0 Å². The van der Waals surface area contributed by atoms with Gasteiger partial charge in [0.25, 0.3) is 0 Å². The molecule has 4 rings (SSSR count). The van der Waals surface area contributed by atoms with E-state index in [9.17, 15) is 4.79 Å². The molecule has 3 aliphatic rings. The van der Waals surface area contributed by atoms with Gasteiger partial charge in [-0.3, -0.25) is 4.79 Å². The van der Waals surface area contributed by atoms with E-state index in [2.05, 4.69) is 15.2 Å². The minimum atomic E-state index is 0.00505. The number of carbonyl (C=O) groups is 1. The molecule has 0 spiro atoms. The van der Waals surface area contributed by atoms with E-state index in [1.807, 2.05) is 17.8 Å². The maximum absolute atomic E-state index is 11.9. The third-order valence-electron chi connectivity index (χ3n) is 4.15. The van der Waals surface area contributed by atoms with Crippen molar-refractivity contribution in [2.45, 2.75) is 24.0 Å². The Morgan fingerprint density at radius 3 is 2.90 bits per heavy atom. The van der Waals surface area contributed by atoms with Gasteiger partial charge in [-0.05, 0) is 37.3 Å². The zero-order valence-corrected chi connectivity index (χ0v) is 12.5. The molecular formula is C14H20N4OS. The third-order valence-corrected chi connectivity index (χ3v) is 5.03. The fourth-order valence-corrected chi connectivity index (χ4v) is 3.64. The van der Waals surface area contributed by atoms with Crippen molar-refractivity contribution in [3.05, 3.63) is 23.9 Å². The second kappa shape index (κ2) is 6.01. The molecule has 1 atom stereocenters. The van der Waals surface area contributed by atoms with E-state index in [1.165, 1.54) is 37.7 Å². The molecule has 4 heterocycles. The number of rotatable bonds is 4. The Balaban J connectivity index is 1.49. The standard InChI is InChI=1S/C14H20N4OS/c1-17-8-5-15-14(17)20-9-4-13(19)16-12-10-18-6-2-11(12)3-7-18/h4-5,8-9,11-12H,2-3,6-7,10H2,1H3,(H,16,19). The predicted molar refractivity (Wildman–Crippen MR) is 79.3 cm³/mol. The second-order valence-corrected chi connectivity index (χ2v) is 6.37. The predicted octanol–water partition coefficient (Wildman–Crippen LogP) is 1.24. The fourth-order valence-electron chi connectivity index (χ4n) is 2.98.